The minimum absolute atomic E-state index is 0.148. The molecule has 2 aromatic carbocycles. The van der Waals surface area contributed by atoms with Crippen molar-refractivity contribution in [2.24, 2.45) is 0 Å². The number of hydrogen-bond donors (Lipinski definition) is 1. The number of nitrogens with one attached hydrogen (secondary N) is 1. The van der Waals surface area contributed by atoms with Gasteiger partial charge >= 0.3 is 0 Å². The predicted molar refractivity (Wildman–Crippen MR) is 89.2 cm³/mol. The summed E-state index contributed by atoms with van der Waals surface area (Å²) in [5, 5.41) is 3.59. The highest BCUT2D eigenvalue weighted by atomic mass is 79.9. The summed E-state index contributed by atoms with van der Waals surface area (Å²) in [4.78, 5) is 0. The smallest absolute Gasteiger partial charge is 0.137 e. The van der Waals surface area contributed by atoms with Crippen LogP contribution in [0.15, 0.2) is 40.9 Å². The average molecular weight is 348 g/mol. The van der Waals surface area contributed by atoms with Crippen molar-refractivity contribution in [1.82, 2.24) is 0 Å². The highest BCUT2D eigenvalue weighted by Gasteiger charge is 2.15. The van der Waals surface area contributed by atoms with Gasteiger partial charge in [0.05, 0.1) is 4.47 Å². The van der Waals surface area contributed by atoms with Gasteiger partial charge in [0, 0.05) is 11.7 Å². The quantitative estimate of drug-likeness (QED) is 0.757. The largest absolute Gasteiger partial charge is 0.378 e. The van der Waals surface area contributed by atoms with E-state index in [1.165, 1.54) is 42.1 Å². The van der Waals surface area contributed by atoms with Crippen molar-refractivity contribution >= 4 is 21.6 Å². The van der Waals surface area contributed by atoms with Crippen LogP contribution in [0.25, 0.3) is 0 Å². The zero-order valence-electron chi connectivity index (χ0n) is 12.1. The summed E-state index contributed by atoms with van der Waals surface area (Å²) < 4.78 is 13.9. The van der Waals surface area contributed by atoms with E-state index in [-0.39, 0.29) is 11.9 Å². The van der Waals surface area contributed by atoms with E-state index in [0.717, 1.165) is 12.0 Å². The first-order valence-corrected chi connectivity index (χ1v) is 8.26. The molecule has 0 saturated heterocycles. The molecule has 0 fully saturated rings. The molecule has 1 atom stereocenters. The molecule has 0 aromatic heterocycles. The van der Waals surface area contributed by atoms with Gasteiger partial charge in [0.2, 0.25) is 0 Å². The lowest BCUT2D eigenvalue weighted by Gasteiger charge is -2.23. The first-order chi connectivity index (χ1) is 10.1. The number of rotatable bonds is 3. The van der Waals surface area contributed by atoms with Gasteiger partial charge < -0.3 is 5.32 Å². The van der Waals surface area contributed by atoms with Crippen LogP contribution in [0.5, 0.6) is 0 Å². The van der Waals surface area contributed by atoms with Gasteiger partial charge in [0.1, 0.15) is 5.82 Å². The zero-order valence-corrected chi connectivity index (χ0v) is 13.7. The Kier molecular flexibility index (Phi) is 4.29. The average Bonchev–Trinajstić information content (AvgIpc) is 2.50. The van der Waals surface area contributed by atoms with Gasteiger partial charge in [-0.1, -0.05) is 18.2 Å². The number of fused-ring (bicyclic) bond motifs is 1. The van der Waals surface area contributed by atoms with Crippen LogP contribution in [0.1, 0.15) is 42.5 Å². The molecule has 1 nitrogen and oxygen atoms in total. The summed E-state index contributed by atoms with van der Waals surface area (Å²) in [5.74, 6) is -0.219. The van der Waals surface area contributed by atoms with Crippen LogP contribution in [-0.4, -0.2) is 0 Å². The van der Waals surface area contributed by atoms with E-state index in [4.69, 9.17) is 0 Å². The highest BCUT2D eigenvalue weighted by Crippen LogP contribution is 2.31. The van der Waals surface area contributed by atoms with Crippen molar-refractivity contribution in [2.45, 2.75) is 38.6 Å². The Bertz CT molecular complexity index is 654. The molecule has 110 valence electrons. The molecule has 1 N–H and O–H groups in total. The van der Waals surface area contributed by atoms with E-state index in [0.29, 0.717) is 4.47 Å². The fraction of sp³-hybridized carbons (Fsp3) is 0.333. The summed E-state index contributed by atoms with van der Waals surface area (Å²) in [5.41, 5.74) is 5.23. The van der Waals surface area contributed by atoms with Gasteiger partial charge in [0.25, 0.3) is 0 Å². The van der Waals surface area contributed by atoms with Crippen molar-refractivity contribution in [3.8, 4) is 0 Å². The normalized spacial score (nSPS) is 15.4. The van der Waals surface area contributed by atoms with Crippen LogP contribution in [0.4, 0.5) is 10.1 Å². The molecule has 0 saturated carbocycles. The second-order valence-electron chi connectivity index (χ2n) is 5.69. The summed E-state index contributed by atoms with van der Waals surface area (Å²) in [6.45, 7) is 2.11. The SMILES string of the molecule is CC(Nc1cccc2c1CCCC2)c1ccc(F)c(Br)c1. The Morgan fingerprint density at radius 2 is 1.95 bits per heavy atom. The van der Waals surface area contributed by atoms with Crippen molar-refractivity contribution in [1.29, 1.82) is 0 Å². The Morgan fingerprint density at radius 1 is 1.14 bits per heavy atom. The Morgan fingerprint density at radius 3 is 2.76 bits per heavy atom. The molecule has 2 aromatic rings. The van der Waals surface area contributed by atoms with Gasteiger partial charge in [-0.3, -0.25) is 0 Å². The molecule has 0 bridgehead atoms. The zero-order chi connectivity index (χ0) is 14.8. The van der Waals surface area contributed by atoms with E-state index in [2.05, 4.69) is 46.4 Å². The summed E-state index contributed by atoms with van der Waals surface area (Å²) in [6.07, 6.45) is 4.89. The fourth-order valence-electron chi connectivity index (χ4n) is 3.01. The predicted octanol–water partition coefficient (Wildman–Crippen LogP) is 5.64. The summed E-state index contributed by atoms with van der Waals surface area (Å²) in [7, 11) is 0. The van der Waals surface area contributed by atoms with E-state index >= 15 is 0 Å². The topological polar surface area (TPSA) is 12.0 Å². The first kappa shape index (κ1) is 14.6. The van der Waals surface area contributed by atoms with Crippen LogP contribution in [0.2, 0.25) is 0 Å². The number of aryl methyl sites for hydroxylation is 1. The maximum Gasteiger partial charge on any atom is 0.137 e. The van der Waals surface area contributed by atoms with E-state index < -0.39 is 0 Å². The molecule has 0 spiro atoms. The molecule has 0 heterocycles. The molecule has 1 aliphatic rings. The highest BCUT2D eigenvalue weighted by molar-refractivity contribution is 9.10. The molecule has 3 heteroatoms. The maximum absolute atomic E-state index is 13.3. The maximum atomic E-state index is 13.3. The van der Waals surface area contributed by atoms with Gasteiger partial charge in [-0.25, -0.2) is 4.39 Å². The number of benzene rings is 2. The minimum Gasteiger partial charge on any atom is -0.378 e. The van der Waals surface area contributed by atoms with Crippen LogP contribution in [-0.2, 0) is 12.8 Å². The van der Waals surface area contributed by atoms with E-state index in [1.54, 1.807) is 0 Å². The molecule has 1 unspecified atom stereocenters. The Labute approximate surface area is 133 Å². The third-order valence-corrected chi connectivity index (χ3v) is 4.82. The Balaban J connectivity index is 1.84. The fourth-order valence-corrected chi connectivity index (χ4v) is 3.41. The third-order valence-electron chi connectivity index (χ3n) is 4.21. The number of anilines is 1. The third kappa shape index (κ3) is 3.13. The molecule has 0 radical (unpaired) electrons. The standard InChI is InChI=1S/C18H19BrFN/c1-12(14-9-10-17(20)16(19)11-14)21-18-8-4-6-13-5-2-3-7-15(13)18/h4,6,8-12,21H,2-3,5,7H2,1H3. The van der Waals surface area contributed by atoms with Gasteiger partial charge in [0.15, 0.2) is 0 Å². The monoisotopic (exact) mass is 347 g/mol. The van der Waals surface area contributed by atoms with Crippen LogP contribution >= 0.6 is 15.9 Å². The van der Waals surface area contributed by atoms with Gasteiger partial charge in [-0.15, -0.1) is 0 Å². The Hall–Kier alpha value is -1.35. The lowest BCUT2D eigenvalue weighted by atomic mass is 9.90. The van der Waals surface area contributed by atoms with Crippen molar-refractivity contribution in [2.75, 3.05) is 5.32 Å². The van der Waals surface area contributed by atoms with E-state index in [1.807, 2.05) is 12.1 Å². The second kappa shape index (κ2) is 6.18. The molecule has 3 rings (SSSR count). The first-order valence-electron chi connectivity index (χ1n) is 7.47. The van der Waals surface area contributed by atoms with E-state index in [9.17, 15) is 4.39 Å². The van der Waals surface area contributed by atoms with Crippen LogP contribution in [0.3, 0.4) is 0 Å². The lowest BCUT2D eigenvalue weighted by molar-refractivity contribution is 0.619. The van der Waals surface area contributed by atoms with Crippen molar-refractivity contribution in [3.63, 3.8) is 0 Å². The van der Waals surface area contributed by atoms with Crippen LogP contribution < -0.4 is 5.32 Å². The summed E-state index contributed by atoms with van der Waals surface area (Å²) in [6, 6.07) is 11.9. The second-order valence-corrected chi connectivity index (χ2v) is 6.54. The molecular formula is C18H19BrFN. The molecule has 0 amide bonds. The minimum atomic E-state index is -0.219. The molecule has 1 aliphatic carbocycles. The van der Waals surface area contributed by atoms with Crippen LogP contribution in [0, 0.1) is 5.82 Å². The summed E-state index contributed by atoms with van der Waals surface area (Å²) >= 11 is 3.26. The number of halogens is 2. The van der Waals surface area contributed by atoms with Gasteiger partial charge in [-0.2, -0.15) is 0 Å². The van der Waals surface area contributed by atoms with Gasteiger partial charge in [-0.05, 0) is 83.4 Å². The molecule has 21 heavy (non-hydrogen) atoms. The number of hydrogen-bond acceptors (Lipinski definition) is 1. The molecular weight excluding hydrogens is 329 g/mol. The molecule has 0 aliphatic heterocycles. The van der Waals surface area contributed by atoms with Crippen molar-refractivity contribution in [3.05, 3.63) is 63.4 Å². The lowest BCUT2D eigenvalue weighted by Crippen LogP contribution is -2.12. The van der Waals surface area contributed by atoms with Crippen molar-refractivity contribution < 1.29 is 4.39 Å².